The fourth-order valence-corrected chi connectivity index (χ4v) is 1.56. The van der Waals surface area contributed by atoms with E-state index in [-0.39, 0.29) is 12.0 Å². The monoisotopic (exact) mass is 226 g/mol. The summed E-state index contributed by atoms with van der Waals surface area (Å²) < 4.78 is 10.3. The number of carbonyl (C=O) groups is 1. The van der Waals surface area contributed by atoms with Gasteiger partial charge in [0.25, 0.3) is 0 Å². The van der Waals surface area contributed by atoms with Crippen LogP contribution in [0.25, 0.3) is 0 Å². The van der Waals surface area contributed by atoms with Crippen LogP contribution in [-0.4, -0.2) is 49.8 Å². The molecule has 2 unspecified atom stereocenters. The lowest BCUT2D eigenvalue weighted by atomic mass is 10.2. The summed E-state index contributed by atoms with van der Waals surface area (Å²) in [5, 5.41) is 8.71. The molecule has 0 bridgehead atoms. The molecule has 5 heteroatoms. The van der Waals surface area contributed by atoms with Crippen LogP contribution in [0.4, 0.5) is 0 Å². The van der Waals surface area contributed by atoms with Crippen molar-refractivity contribution in [3.05, 3.63) is 0 Å². The van der Waals surface area contributed by atoms with Gasteiger partial charge in [0.1, 0.15) is 0 Å². The summed E-state index contributed by atoms with van der Waals surface area (Å²) in [4.78, 5) is 13.5. The summed E-state index contributed by atoms with van der Waals surface area (Å²) in [6.45, 7) is 3.35. The van der Waals surface area contributed by atoms with Crippen LogP contribution < -0.4 is 0 Å². The van der Waals surface area contributed by atoms with Crippen molar-refractivity contribution in [2.75, 3.05) is 26.8 Å². The van der Waals surface area contributed by atoms with Crippen LogP contribution in [0, 0.1) is 11.3 Å². The molecular formula is C11H18N2O3. The van der Waals surface area contributed by atoms with Crippen LogP contribution in [0.1, 0.15) is 19.8 Å². The van der Waals surface area contributed by atoms with E-state index in [2.05, 4.69) is 0 Å². The number of nitrogens with zero attached hydrogens (tertiary/aromatic N) is 2. The Kier molecular flexibility index (Phi) is 5.23. The van der Waals surface area contributed by atoms with E-state index < -0.39 is 6.10 Å². The maximum atomic E-state index is 11.8. The van der Waals surface area contributed by atoms with E-state index in [1.807, 2.05) is 13.0 Å². The highest BCUT2D eigenvalue weighted by Gasteiger charge is 2.23. The van der Waals surface area contributed by atoms with Crippen LogP contribution in [0.5, 0.6) is 0 Å². The number of nitriles is 1. The number of hydrogen-bond donors (Lipinski definition) is 0. The molecule has 16 heavy (non-hydrogen) atoms. The largest absolute Gasteiger partial charge is 0.382 e. The molecule has 2 atom stereocenters. The Morgan fingerprint density at radius 1 is 1.75 bits per heavy atom. The molecule has 0 aromatic heterocycles. The minimum Gasteiger partial charge on any atom is -0.382 e. The quantitative estimate of drug-likeness (QED) is 0.702. The van der Waals surface area contributed by atoms with Crippen LogP contribution in [0.2, 0.25) is 0 Å². The smallest absolute Gasteiger partial charge is 0.222 e. The van der Waals surface area contributed by atoms with Crippen LogP contribution >= 0.6 is 0 Å². The van der Waals surface area contributed by atoms with Gasteiger partial charge in [0, 0.05) is 20.1 Å². The van der Waals surface area contributed by atoms with Crippen molar-refractivity contribution in [3.63, 3.8) is 0 Å². The van der Waals surface area contributed by atoms with Gasteiger partial charge in [0.2, 0.25) is 5.91 Å². The number of morpholine rings is 1. The lowest BCUT2D eigenvalue weighted by Gasteiger charge is -2.30. The number of carbonyl (C=O) groups excluding carboxylic acids is 1. The zero-order valence-electron chi connectivity index (χ0n) is 9.81. The molecule has 0 saturated carbocycles. The third-order valence-corrected chi connectivity index (χ3v) is 2.73. The molecule has 1 fully saturated rings. The molecule has 1 heterocycles. The Hall–Kier alpha value is -1.12. The molecule has 90 valence electrons. The molecule has 5 nitrogen and oxygen atoms in total. The third-order valence-electron chi connectivity index (χ3n) is 2.73. The zero-order chi connectivity index (χ0) is 12.0. The number of amides is 1. The highest BCUT2D eigenvalue weighted by atomic mass is 16.5. The second-order valence-electron chi connectivity index (χ2n) is 3.91. The summed E-state index contributed by atoms with van der Waals surface area (Å²) in [6.07, 6.45) is 0.797. The Bertz CT molecular complexity index is 275. The topological polar surface area (TPSA) is 62.6 Å². The molecule has 0 radical (unpaired) electrons. The van der Waals surface area contributed by atoms with Crippen LogP contribution in [0.15, 0.2) is 0 Å². The number of hydrogen-bond acceptors (Lipinski definition) is 4. The summed E-state index contributed by atoms with van der Waals surface area (Å²) >= 11 is 0. The van der Waals surface area contributed by atoms with Crippen molar-refractivity contribution >= 4 is 5.91 Å². The van der Waals surface area contributed by atoms with Gasteiger partial charge in [-0.15, -0.1) is 0 Å². The Labute approximate surface area is 95.9 Å². The van der Waals surface area contributed by atoms with Crippen molar-refractivity contribution < 1.29 is 14.3 Å². The van der Waals surface area contributed by atoms with E-state index >= 15 is 0 Å². The maximum absolute atomic E-state index is 11.8. The fraction of sp³-hybridized carbons (Fsp3) is 0.818. The Morgan fingerprint density at radius 3 is 3.12 bits per heavy atom. The minimum atomic E-state index is -0.474. The van der Waals surface area contributed by atoms with E-state index in [9.17, 15) is 4.79 Å². The molecular weight excluding hydrogens is 208 g/mol. The van der Waals surface area contributed by atoms with Crippen LogP contribution in [-0.2, 0) is 14.3 Å². The average molecular weight is 226 g/mol. The second-order valence-corrected chi connectivity index (χ2v) is 3.91. The van der Waals surface area contributed by atoms with Gasteiger partial charge in [-0.05, 0) is 13.3 Å². The standard InChI is InChI=1S/C11H18N2O3/c1-9(15-2)3-4-11(14)13-5-6-16-10(7-12)8-13/h9-10H,3-6,8H2,1-2H3. The van der Waals surface area contributed by atoms with Crippen molar-refractivity contribution in [2.45, 2.75) is 32.0 Å². The Balaban J connectivity index is 2.33. The first-order valence-corrected chi connectivity index (χ1v) is 5.49. The predicted molar refractivity (Wildman–Crippen MR) is 57.6 cm³/mol. The molecule has 1 aliphatic rings. The summed E-state index contributed by atoms with van der Waals surface area (Å²) in [7, 11) is 1.63. The lowest BCUT2D eigenvalue weighted by molar-refractivity contribution is -0.137. The van der Waals surface area contributed by atoms with Gasteiger partial charge in [-0.3, -0.25) is 4.79 Å². The van der Waals surface area contributed by atoms with E-state index in [4.69, 9.17) is 14.7 Å². The average Bonchev–Trinajstić information content (AvgIpc) is 2.35. The molecule has 0 aromatic carbocycles. The van der Waals surface area contributed by atoms with Crippen molar-refractivity contribution in [1.82, 2.24) is 4.90 Å². The van der Waals surface area contributed by atoms with Gasteiger partial charge in [0.05, 0.1) is 25.3 Å². The summed E-state index contributed by atoms with van der Waals surface area (Å²) in [5.41, 5.74) is 0. The molecule has 0 aromatic rings. The highest BCUT2D eigenvalue weighted by molar-refractivity contribution is 5.76. The number of methoxy groups -OCH3 is 1. The predicted octanol–water partition coefficient (Wildman–Crippen LogP) is 0.552. The Morgan fingerprint density at radius 2 is 2.50 bits per heavy atom. The molecule has 1 amide bonds. The summed E-state index contributed by atoms with van der Waals surface area (Å²) in [6, 6.07) is 2.02. The molecule has 0 aliphatic carbocycles. The number of rotatable bonds is 4. The van der Waals surface area contributed by atoms with Crippen LogP contribution in [0.3, 0.4) is 0 Å². The van der Waals surface area contributed by atoms with Crippen molar-refractivity contribution in [3.8, 4) is 6.07 Å². The van der Waals surface area contributed by atoms with Crippen molar-refractivity contribution in [1.29, 1.82) is 5.26 Å². The molecule has 1 saturated heterocycles. The van der Waals surface area contributed by atoms with Crippen molar-refractivity contribution in [2.24, 2.45) is 0 Å². The maximum Gasteiger partial charge on any atom is 0.222 e. The zero-order valence-corrected chi connectivity index (χ0v) is 9.81. The molecule has 1 aliphatic heterocycles. The van der Waals surface area contributed by atoms with Gasteiger partial charge >= 0.3 is 0 Å². The summed E-state index contributed by atoms with van der Waals surface area (Å²) in [5.74, 6) is 0.0763. The lowest BCUT2D eigenvalue weighted by Crippen LogP contribution is -2.45. The SMILES string of the molecule is COC(C)CCC(=O)N1CCOC(C#N)C1. The van der Waals surface area contributed by atoms with Gasteiger partial charge in [-0.1, -0.05) is 0 Å². The normalized spacial score (nSPS) is 22.6. The fourth-order valence-electron chi connectivity index (χ4n) is 1.56. The molecule has 0 N–H and O–H groups in total. The third kappa shape index (κ3) is 3.80. The first-order valence-electron chi connectivity index (χ1n) is 5.49. The first kappa shape index (κ1) is 12.9. The van der Waals surface area contributed by atoms with Gasteiger partial charge in [-0.2, -0.15) is 5.26 Å². The van der Waals surface area contributed by atoms with E-state index in [0.29, 0.717) is 32.5 Å². The molecule has 1 rings (SSSR count). The van der Waals surface area contributed by atoms with E-state index in [1.54, 1.807) is 12.0 Å². The van der Waals surface area contributed by atoms with Gasteiger partial charge in [0.15, 0.2) is 6.10 Å². The highest BCUT2D eigenvalue weighted by Crippen LogP contribution is 2.09. The van der Waals surface area contributed by atoms with E-state index in [1.165, 1.54) is 0 Å². The first-order chi connectivity index (χ1) is 7.67. The van der Waals surface area contributed by atoms with Gasteiger partial charge in [-0.25, -0.2) is 0 Å². The van der Waals surface area contributed by atoms with Gasteiger partial charge < -0.3 is 14.4 Å². The molecule has 0 spiro atoms. The minimum absolute atomic E-state index is 0.0763. The second kappa shape index (κ2) is 6.46. The van der Waals surface area contributed by atoms with E-state index in [0.717, 1.165) is 0 Å². The number of ether oxygens (including phenoxy) is 2.